The summed E-state index contributed by atoms with van der Waals surface area (Å²) in [5.41, 5.74) is 42.5. The molecule has 2 aliphatic heterocycles. The molecule has 7 heteroatoms. The van der Waals surface area contributed by atoms with Crippen LogP contribution in [0.2, 0.25) is 0 Å². The molecular formula is C129H91BN4O2. The number of nitrogens with zero attached hydrogens (tertiary/aromatic N) is 4. The van der Waals surface area contributed by atoms with Crippen LogP contribution >= 0.6 is 0 Å². The quantitative estimate of drug-likeness (QED) is 0.0596. The van der Waals surface area contributed by atoms with Gasteiger partial charge < -0.3 is 23.2 Å². The van der Waals surface area contributed by atoms with Crippen LogP contribution in [0, 0.1) is 11.3 Å². The van der Waals surface area contributed by atoms with E-state index in [4.69, 9.17) is 10.2 Å². The van der Waals surface area contributed by atoms with E-state index in [1.54, 1.807) is 4.57 Å². The zero-order valence-electron chi connectivity index (χ0n) is 81.8. The van der Waals surface area contributed by atoms with Crippen molar-refractivity contribution in [2.24, 2.45) is 0 Å². The second-order valence-electron chi connectivity index (χ2n) is 37.9. The molecule has 0 amide bonds. The van der Waals surface area contributed by atoms with E-state index in [-0.39, 0.29) is 45.5 Å². The molecule has 0 saturated carbocycles. The summed E-state index contributed by atoms with van der Waals surface area (Å²) in [6.07, 6.45) is 9.21. The third-order valence-corrected chi connectivity index (χ3v) is 31.0. The second kappa shape index (κ2) is 30.9. The standard InChI is InChI=1S/C129H91BN4O2/c131-80-81-58-67-118-105(72-81)101-44-17-26-55-117(101)134(118)89-63-66-115-120(79-89)133(71-30-4-2-6-33-83-35-8-10-37-91(83)86-60-65-100-98-43-16-25-54-112(98)129(114(100)75-86)109-51-22-13-40-95(109)96-41-14-23-52-110(96)129)122-78-88(84-62-69-125-106(73-84)103-46-19-27-56-123(103)135-125)77-121-126(122)130(115)116-76-87(92-47-31-48-104-102-45-18-28-57-124(102)136-127(92)104)61-68-119(116)132(121)70-29-3-1-5-32-82-34-7-9-36-90(82)85-59-64-99-97-42-15-24-53-111(97)128(113(99)74-85)107-49-20-11-38-93(107)94-39-12-21-50-108(94)128/h7-28,31,34-69,72-79H,1-6,29-30,32-33,70-71H2/i17D,26D,44D,55D,58D,67D,72D. The molecular weight excluding hydrogens is 1650 g/mol. The van der Waals surface area contributed by atoms with Gasteiger partial charge >= 0.3 is 0 Å². The van der Waals surface area contributed by atoms with Crippen molar-refractivity contribution in [1.29, 1.82) is 5.26 Å². The van der Waals surface area contributed by atoms with Crippen LogP contribution in [0.4, 0.5) is 22.7 Å². The molecule has 6 aliphatic rings. The summed E-state index contributed by atoms with van der Waals surface area (Å²) in [6.45, 7) is 0.875. The van der Waals surface area contributed by atoms with Gasteiger partial charge in [-0.3, -0.25) is 0 Å². The maximum atomic E-state index is 10.7. The lowest BCUT2D eigenvalue weighted by Gasteiger charge is -2.45. The van der Waals surface area contributed by atoms with Gasteiger partial charge in [-0.2, -0.15) is 5.26 Å². The lowest BCUT2D eigenvalue weighted by Crippen LogP contribution is -2.62. The molecule has 28 rings (SSSR count). The lowest BCUT2D eigenvalue weighted by atomic mass is 9.33. The van der Waals surface area contributed by atoms with Crippen molar-refractivity contribution < 1.29 is 18.4 Å². The molecule has 642 valence electrons. The summed E-state index contributed by atoms with van der Waals surface area (Å²) in [5.74, 6) is 0. The summed E-state index contributed by atoms with van der Waals surface area (Å²) in [6, 6.07) is 134. The molecule has 0 radical (unpaired) electrons. The fraction of sp³-hybridized carbons (Fsp3) is 0.109. The molecule has 0 N–H and O–H groups in total. The normalized spacial score (nSPS) is 14.4. The van der Waals surface area contributed by atoms with Crippen LogP contribution in [0.15, 0.2) is 415 Å². The number of aryl methyl sites for hydroxylation is 2. The van der Waals surface area contributed by atoms with E-state index in [0.717, 1.165) is 169 Å². The number of para-hydroxylation sites is 4. The van der Waals surface area contributed by atoms with E-state index < -0.39 is 41.7 Å². The third kappa shape index (κ3) is 11.5. The molecule has 19 aromatic carbocycles. The first kappa shape index (κ1) is 71.4. The largest absolute Gasteiger partial charge is 0.456 e. The fourth-order valence-corrected chi connectivity index (χ4v) is 25.3. The summed E-state index contributed by atoms with van der Waals surface area (Å²) in [7, 11) is 0. The Hall–Kier alpha value is -16.3. The number of hydrogen-bond acceptors (Lipinski definition) is 5. The number of unbranched alkanes of at least 4 members (excludes halogenated alkanes) is 6. The van der Waals surface area contributed by atoms with Crippen molar-refractivity contribution in [3.05, 3.63) is 467 Å². The minimum atomic E-state index is -0.501. The van der Waals surface area contributed by atoms with Crippen LogP contribution in [0.25, 0.3) is 160 Å². The second-order valence-corrected chi connectivity index (χ2v) is 37.9. The molecule has 0 atom stereocenters. The highest BCUT2D eigenvalue weighted by atomic mass is 16.3. The molecule has 2 spiro atoms. The van der Waals surface area contributed by atoms with Crippen LogP contribution in [-0.4, -0.2) is 24.4 Å². The van der Waals surface area contributed by atoms with E-state index in [1.807, 2.05) is 36.4 Å². The lowest BCUT2D eigenvalue weighted by molar-refractivity contribution is 0.641. The van der Waals surface area contributed by atoms with Gasteiger partial charge in [-0.05, 0) is 285 Å². The first-order valence-electron chi connectivity index (χ1n) is 51.7. The highest BCUT2D eigenvalue weighted by Crippen LogP contribution is 2.66. The van der Waals surface area contributed by atoms with Gasteiger partial charge in [-0.15, -0.1) is 0 Å². The first-order chi connectivity index (χ1) is 70.3. The number of aromatic nitrogens is 1. The van der Waals surface area contributed by atoms with Crippen LogP contribution in [0.3, 0.4) is 0 Å². The number of nitriles is 1. The summed E-state index contributed by atoms with van der Waals surface area (Å²) in [4.78, 5) is 5.13. The van der Waals surface area contributed by atoms with E-state index in [2.05, 4.69) is 343 Å². The van der Waals surface area contributed by atoms with E-state index in [0.29, 0.717) is 18.8 Å². The van der Waals surface area contributed by atoms with E-state index in [9.17, 15) is 13.5 Å². The number of rotatable bonds is 19. The zero-order chi connectivity index (χ0) is 95.5. The molecule has 0 bridgehead atoms. The minimum absolute atomic E-state index is 0.0146. The molecule has 3 aromatic heterocycles. The molecule has 6 nitrogen and oxygen atoms in total. The van der Waals surface area contributed by atoms with Gasteiger partial charge in [0.25, 0.3) is 6.71 Å². The molecule has 4 aliphatic carbocycles. The Bertz CT molecular complexity index is 9190. The highest BCUT2D eigenvalue weighted by Gasteiger charge is 2.54. The number of fused-ring (bicyclic) bond motifs is 33. The number of hydrogen-bond donors (Lipinski definition) is 0. The van der Waals surface area contributed by atoms with E-state index in [1.165, 1.54) is 122 Å². The van der Waals surface area contributed by atoms with Gasteiger partial charge in [-0.25, -0.2) is 0 Å². The summed E-state index contributed by atoms with van der Waals surface area (Å²) < 4.78 is 82.2. The molecule has 0 unspecified atom stereocenters. The van der Waals surface area contributed by atoms with Gasteiger partial charge in [0.15, 0.2) is 0 Å². The topological polar surface area (TPSA) is 61.5 Å². The molecule has 0 saturated heterocycles. The first-order valence-corrected chi connectivity index (χ1v) is 48.2. The zero-order valence-corrected chi connectivity index (χ0v) is 74.8. The maximum absolute atomic E-state index is 10.7. The Balaban J connectivity index is 0.565. The van der Waals surface area contributed by atoms with Gasteiger partial charge in [0.05, 0.1) is 43.1 Å². The number of benzene rings is 19. The SMILES string of the molecule is [2H]c1c([2H])c([2H])c2c(c1[2H])c1c([2H])c(C#N)c([2H])c([2H])c1n2-c1ccc2c(c1)N(CCCCCCc1ccccc1-c1ccc3c(c1)C1(c4ccccc4-c4ccccc41)c1ccccc1-3)c1cc(-c3ccc4oc5ccccc5c4c3)cc3c1B2c1cc(-c2cccc4c2oc2ccccc24)ccc1N3CCCCCCc1ccccc1-c1ccc2c(c1)C1(c3ccccc3-c3ccccc31)c1ccccc1-2. The van der Waals surface area contributed by atoms with Crippen molar-refractivity contribution in [3.8, 4) is 101 Å². The van der Waals surface area contributed by atoms with Crippen LogP contribution in [0.1, 0.15) is 122 Å². The minimum Gasteiger partial charge on any atom is -0.456 e. The molecule has 136 heavy (non-hydrogen) atoms. The van der Waals surface area contributed by atoms with Gasteiger partial charge in [0.2, 0.25) is 0 Å². The predicted octanol–water partition coefficient (Wildman–Crippen LogP) is 30.8. The molecule has 5 heterocycles. The van der Waals surface area contributed by atoms with Crippen molar-refractivity contribution in [2.45, 2.75) is 75.0 Å². The van der Waals surface area contributed by atoms with Crippen molar-refractivity contribution >= 4 is 112 Å². The third-order valence-electron chi connectivity index (χ3n) is 31.0. The van der Waals surface area contributed by atoms with Crippen LogP contribution in [-0.2, 0) is 23.7 Å². The predicted molar refractivity (Wildman–Crippen MR) is 563 cm³/mol. The summed E-state index contributed by atoms with van der Waals surface area (Å²) in [5, 5.41) is 14.8. The number of furan rings is 2. The Morgan fingerprint density at radius 3 is 1.32 bits per heavy atom. The Morgan fingerprint density at radius 2 is 0.743 bits per heavy atom. The van der Waals surface area contributed by atoms with Gasteiger partial charge in [-0.1, -0.05) is 341 Å². The fourth-order valence-electron chi connectivity index (χ4n) is 25.3. The van der Waals surface area contributed by atoms with Crippen LogP contribution < -0.4 is 26.2 Å². The average Bonchev–Trinajstić information content (AvgIpc) is 1.53. The molecule has 0 fully saturated rings. The van der Waals surface area contributed by atoms with Gasteiger partial charge in [0.1, 0.15) is 22.3 Å². The van der Waals surface area contributed by atoms with Crippen molar-refractivity contribution in [1.82, 2.24) is 4.57 Å². The monoisotopic (exact) mass is 1750 g/mol. The van der Waals surface area contributed by atoms with Crippen molar-refractivity contribution in [3.63, 3.8) is 0 Å². The number of anilines is 4. The highest BCUT2D eigenvalue weighted by molar-refractivity contribution is 7.00. The molecule has 22 aromatic rings. The summed E-state index contributed by atoms with van der Waals surface area (Å²) >= 11 is 0. The Morgan fingerprint density at radius 1 is 0.294 bits per heavy atom. The smallest absolute Gasteiger partial charge is 0.252 e. The van der Waals surface area contributed by atoms with Gasteiger partial charge in [0, 0.05) is 79.4 Å². The maximum Gasteiger partial charge on any atom is 0.252 e. The van der Waals surface area contributed by atoms with Crippen LogP contribution in [0.5, 0.6) is 0 Å². The Kier molecular flexibility index (Phi) is 16.2. The average molecular weight is 1750 g/mol. The van der Waals surface area contributed by atoms with Crippen molar-refractivity contribution in [2.75, 3.05) is 22.9 Å². The Labute approximate surface area is 800 Å². The van der Waals surface area contributed by atoms with E-state index >= 15 is 0 Å².